The summed E-state index contributed by atoms with van der Waals surface area (Å²) in [5, 5.41) is 0.560. The molecule has 2 rings (SSSR count). The molecule has 0 amide bonds. The van der Waals surface area contributed by atoms with Crippen molar-refractivity contribution in [3.63, 3.8) is 0 Å². The number of aldehydes is 1. The van der Waals surface area contributed by atoms with Gasteiger partial charge in [0.2, 0.25) is 0 Å². The lowest BCUT2D eigenvalue weighted by Gasteiger charge is -2.48. The fourth-order valence-electron chi connectivity index (χ4n) is 3.35. The number of nitrogens with zero attached hydrogens (tertiary/aromatic N) is 1. The molecule has 1 aliphatic heterocycles. The molecular formula is C17H24ClNO. The first-order valence-electron chi connectivity index (χ1n) is 7.47. The molecule has 1 atom stereocenters. The molecule has 2 nitrogen and oxygen atoms in total. The Bertz CT molecular complexity index is 510. The van der Waals surface area contributed by atoms with Crippen molar-refractivity contribution in [1.82, 2.24) is 0 Å². The molecule has 0 saturated carbocycles. The molecule has 20 heavy (non-hydrogen) atoms. The van der Waals surface area contributed by atoms with E-state index in [1.165, 1.54) is 24.1 Å². The van der Waals surface area contributed by atoms with Crippen molar-refractivity contribution in [3.8, 4) is 0 Å². The fourth-order valence-corrected chi connectivity index (χ4v) is 3.55. The SMILES string of the molecule is CCCCN1c2cc(Cl)c(C=O)cc2C(C)CC1(C)C. The highest BCUT2D eigenvalue weighted by molar-refractivity contribution is 6.33. The van der Waals surface area contributed by atoms with Crippen molar-refractivity contribution in [2.24, 2.45) is 0 Å². The normalized spacial score (nSPS) is 20.6. The highest BCUT2D eigenvalue weighted by Gasteiger charge is 2.36. The third-order valence-corrected chi connectivity index (χ3v) is 4.69. The van der Waals surface area contributed by atoms with Crippen molar-refractivity contribution < 1.29 is 4.79 Å². The molecule has 0 spiro atoms. The van der Waals surface area contributed by atoms with E-state index in [2.05, 4.69) is 32.6 Å². The minimum absolute atomic E-state index is 0.133. The second-order valence-electron chi connectivity index (χ2n) is 6.47. The summed E-state index contributed by atoms with van der Waals surface area (Å²) in [6.07, 6.45) is 4.30. The molecule has 0 bridgehead atoms. The maximum atomic E-state index is 11.1. The average molecular weight is 294 g/mol. The van der Waals surface area contributed by atoms with E-state index in [9.17, 15) is 4.79 Å². The average Bonchev–Trinajstić information content (AvgIpc) is 2.37. The fraction of sp³-hybridized carbons (Fsp3) is 0.588. The molecule has 0 N–H and O–H groups in total. The Morgan fingerprint density at radius 3 is 2.75 bits per heavy atom. The van der Waals surface area contributed by atoms with Crippen LogP contribution in [0.25, 0.3) is 0 Å². The summed E-state index contributed by atoms with van der Waals surface area (Å²) in [6.45, 7) is 10.1. The first-order valence-corrected chi connectivity index (χ1v) is 7.84. The van der Waals surface area contributed by atoms with Crippen molar-refractivity contribution in [3.05, 3.63) is 28.3 Å². The first kappa shape index (κ1) is 15.4. The Hall–Kier alpha value is -1.02. The number of unbranched alkanes of at least 4 members (excludes halogenated alkanes) is 1. The van der Waals surface area contributed by atoms with Gasteiger partial charge in [-0.05, 0) is 50.3 Å². The van der Waals surface area contributed by atoms with E-state index < -0.39 is 0 Å². The zero-order valence-electron chi connectivity index (χ0n) is 12.9. The first-order chi connectivity index (χ1) is 9.40. The minimum Gasteiger partial charge on any atom is -0.366 e. The number of hydrogen-bond acceptors (Lipinski definition) is 2. The van der Waals surface area contributed by atoms with E-state index in [0.717, 1.165) is 19.3 Å². The van der Waals surface area contributed by atoms with Gasteiger partial charge < -0.3 is 4.90 Å². The number of carbonyl (C=O) groups is 1. The van der Waals surface area contributed by atoms with Crippen LogP contribution in [-0.2, 0) is 0 Å². The molecular weight excluding hydrogens is 270 g/mol. The van der Waals surface area contributed by atoms with Crippen molar-refractivity contribution >= 4 is 23.6 Å². The van der Waals surface area contributed by atoms with Crippen LogP contribution in [0.5, 0.6) is 0 Å². The van der Waals surface area contributed by atoms with E-state index in [4.69, 9.17) is 11.6 Å². The Balaban J connectivity index is 2.51. The quantitative estimate of drug-likeness (QED) is 0.724. The molecule has 0 fully saturated rings. The summed E-state index contributed by atoms with van der Waals surface area (Å²) < 4.78 is 0. The summed E-state index contributed by atoms with van der Waals surface area (Å²) in [4.78, 5) is 13.6. The van der Waals surface area contributed by atoms with Gasteiger partial charge in [0.25, 0.3) is 0 Å². The van der Waals surface area contributed by atoms with Gasteiger partial charge >= 0.3 is 0 Å². The zero-order chi connectivity index (χ0) is 14.9. The van der Waals surface area contributed by atoms with Crippen molar-refractivity contribution in [2.75, 3.05) is 11.4 Å². The van der Waals surface area contributed by atoms with Crippen molar-refractivity contribution in [2.45, 2.75) is 58.4 Å². The number of fused-ring (bicyclic) bond motifs is 1. The van der Waals surface area contributed by atoms with Gasteiger partial charge in [-0.25, -0.2) is 0 Å². The van der Waals surface area contributed by atoms with Crippen LogP contribution in [0.1, 0.15) is 68.8 Å². The lowest BCUT2D eigenvalue weighted by molar-refractivity contribution is 0.112. The summed E-state index contributed by atoms with van der Waals surface area (Å²) in [5.41, 5.74) is 3.20. The Kier molecular flexibility index (Phi) is 4.43. The number of halogens is 1. The van der Waals surface area contributed by atoms with Gasteiger partial charge in [-0.1, -0.05) is 31.9 Å². The number of rotatable bonds is 4. The highest BCUT2D eigenvalue weighted by atomic mass is 35.5. The molecule has 0 saturated heterocycles. The van der Waals surface area contributed by atoms with Crippen LogP contribution < -0.4 is 4.90 Å². The predicted molar refractivity (Wildman–Crippen MR) is 86.2 cm³/mol. The van der Waals surface area contributed by atoms with Crippen LogP contribution in [0.2, 0.25) is 5.02 Å². The van der Waals surface area contributed by atoms with Gasteiger partial charge in [0.1, 0.15) is 0 Å². The second kappa shape index (κ2) is 5.77. The molecule has 110 valence electrons. The van der Waals surface area contributed by atoms with Gasteiger partial charge in [-0.2, -0.15) is 0 Å². The number of benzene rings is 1. The van der Waals surface area contributed by atoms with Crippen molar-refractivity contribution in [1.29, 1.82) is 0 Å². The summed E-state index contributed by atoms with van der Waals surface area (Å²) in [6, 6.07) is 3.96. The summed E-state index contributed by atoms with van der Waals surface area (Å²) in [5.74, 6) is 0.453. The Labute approximate surface area is 127 Å². The molecule has 1 unspecified atom stereocenters. The molecule has 1 aromatic rings. The van der Waals surface area contributed by atoms with E-state index in [-0.39, 0.29) is 5.54 Å². The monoisotopic (exact) mass is 293 g/mol. The zero-order valence-corrected chi connectivity index (χ0v) is 13.6. The van der Waals surface area contributed by atoms with Crippen LogP contribution in [0.4, 0.5) is 5.69 Å². The van der Waals surface area contributed by atoms with E-state index in [1.807, 2.05) is 12.1 Å². The molecule has 0 aromatic heterocycles. The molecule has 1 aliphatic rings. The van der Waals surface area contributed by atoms with E-state index in [0.29, 0.717) is 16.5 Å². The largest absolute Gasteiger partial charge is 0.366 e. The van der Waals surface area contributed by atoms with Gasteiger partial charge in [-0.15, -0.1) is 0 Å². The maximum Gasteiger partial charge on any atom is 0.151 e. The topological polar surface area (TPSA) is 20.3 Å². The third kappa shape index (κ3) is 2.71. The van der Waals surface area contributed by atoms with Crippen LogP contribution in [0, 0.1) is 0 Å². The molecule has 0 radical (unpaired) electrons. The number of anilines is 1. The summed E-state index contributed by atoms with van der Waals surface area (Å²) in [7, 11) is 0. The Morgan fingerprint density at radius 2 is 2.15 bits per heavy atom. The summed E-state index contributed by atoms with van der Waals surface area (Å²) >= 11 is 6.24. The predicted octanol–water partition coefficient (Wildman–Crippen LogP) is 5.04. The van der Waals surface area contributed by atoms with E-state index >= 15 is 0 Å². The lowest BCUT2D eigenvalue weighted by Crippen LogP contribution is -2.48. The second-order valence-corrected chi connectivity index (χ2v) is 6.88. The molecule has 1 heterocycles. The Morgan fingerprint density at radius 1 is 1.45 bits per heavy atom. The molecule has 1 aromatic carbocycles. The van der Waals surface area contributed by atoms with Gasteiger partial charge in [0, 0.05) is 23.3 Å². The standard InChI is InChI=1S/C17H24ClNO/c1-5-6-7-19-16-9-15(18)13(11-20)8-14(16)12(2)10-17(19,3)4/h8-9,11-12H,5-7,10H2,1-4H3. The smallest absolute Gasteiger partial charge is 0.151 e. The lowest BCUT2D eigenvalue weighted by atomic mass is 9.79. The van der Waals surface area contributed by atoms with Gasteiger partial charge in [-0.3, -0.25) is 4.79 Å². The van der Waals surface area contributed by atoms with Crippen LogP contribution in [0.15, 0.2) is 12.1 Å². The maximum absolute atomic E-state index is 11.1. The highest BCUT2D eigenvalue weighted by Crippen LogP contribution is 2.45. The molecule has 3 heteroatoms. The van der Waals surface area contributed by atoms with Gasteiger partial charge in [0.05, 0.1) is 5.02 Å². The van der Waals surface area contributed by atoms with Crippen LogP contribution in [0.3, 0.4) is 0 Å². The number of carbonyl (C=O) groups excluding carboxylic acids is 1. The van der Waals surface area contributed by atoms with Gasteiger partial charge in [0.15, 0.2) is 6.29 Å². The van der Waals surface area contributed by atoms with E-state index in [1.54, 1.807) is 0 Å². The third-order valence-electron chi connectivity index (χ3n) is 4.37. The number of hydrogen-bond donors (Lipinski definition) is 0. The van der Waals surface area contributed by atoms with Crippen LogP contribution in [-0.4, -0.2) is 18.4 Å². The molecule has 0 aliphatic carbocycles. The minimum atomic E-state index is 0.133. The van der Waals surface area contributed by atoms with Crippen LogP contribution >= 0.6 is 11.6 Å².